The second-order valence-corrected chi connectivity index (χ2v) is 7.18. The highest BCUT2D eigenvalue weighted by Crippen LogP contribution is 2.40. The van der Waals surface area contributed by atoms with Crippen molar-refractivity contribution in [1.29, 1.82) is 0 Å². The smallest absolute Gasteiger partial charge is 0.109 e. The summed E-state index contributed by atoms with van der Waals surface area (Å²) in [6.45, 7) is 4.63. The van der Waals surface area contributed by atoms with Crippen molar-refractivity contribution in [2.45, 2.75) is 19.2 Å². The maximum atomic E-state index is 2.38. The largest absolute Gasteiger partial charge is 0.221 e. The summed E-state index contributed by atoms with van der Waals surface area (Å²) in [6, 6.07) is 28.7. The highest BCUT2D eigenvalue weighted by atomic mass is 14.3. The Kier molecular flexibility index (Phi) is 4.38. The lowest BCUT2D eigenvalue weighted by Gasteiger charge is -2.39. The van der Waals surface area contributed by atoms with Crippen molar-refractivity contribution in [3.05, 3.63) is 125 Å². The molecule has 1 unspecified atom stereocenters. The molecule has 0 N–H and O–H groups in total. The third kappa shape index (κ3) is 2.74. The van der Waals surface area contributed by atoms with Crippen molar-refractivity contribution in [3.8, 4) is 0 Å². The molecule has 1 heterocycles. The Morgan fingerprint density at radius 3 is 2.12 bits per heavy atom. The molecule has 0 radical (unpaired) electrons. The molecule has 1 aliphatic heterocycles. The van der Waals surface area contributed by atoms with Crippen molar-refractivity contribution < 1.29 is 0 Å². The molecule has 0 spiro atoms. The average molecular weight is 334 g/mol. The van der Waals surface area contributed by atoms with E-state index in [0.717, 1.165) is 0 Å². The topological polar surface area (TPSA) is 0 Å². The molecule has 3 aromatic rings. The van der Waals surface area contributed by atoms with Crippen LogP contribution in [0.5, 0.6) is 0 Å². The monoisotopic (exact) mass is 334 g/mol. The Morgan fingerprint density at radius 2 is 1.38 bits per heavy atom. The van der Waals surface area contributed by atoms with Crippen LogP contribution in [0, 0.1) is 13.8 Å². The standard InChI is InChI=1S/C25H23B/c1-20-14-16-23(17-15-20)26-19-9-8-18-25(26,22-11-4-3-5-12-22)24-13-7-6-10-21(24)2/h3-19H,1-2H3. The lowest BCUT2D eigenvalue weighted by Crippen LogP contribution is -2.51. The van der Waals surface area contributed by atoms with E-state index in [2.05, 4.69) is 117 Å². The molecule has 1 heteroatoms. The zero-order chi connectivity index (χ0) is 18.0. The first-order chi connectivity index (χ1) is 12.7. The first-order valence-electron chi connectivity index (χ1n) is 9.26. The maximum absolute atomic E-state index is 2.38. The van der Waals surface area contributed by atoms with Gasteiger partial charge in [0.05, 0.1) is 0 Å². The average Bonchev–Trinajstić information content (AvgIpc) is 2.70. The summed E-state index contributed by atoms with van der Waals surface area (Å²) in [7, 11) is 0. The van der Waals surface area contributed by atoms with E-state index in [1.165, 1.54) is 27.7 Å². The van der Waals surface area contributed by atoms with Crippen LogP contribution in [-0.4, -0.2) is 6.71 Å². The van der Waals surface area contributed by atoms with E-state index in [0.29, 0.717) is 0 Å². The molecule has 126 valence electrons. The molecule has 3 aromatic carbocycles. The SMILES string of the molecule is Cc1ccc(B2C=CC=CC2(c2ccccc2)c2ccccc2C)cc1. The van der Waals surface area contributed by atoms with Crippen molar-refractivity contribution >= 4 is 12.2 Å². The van der Waals surface area contributed by atoms with Gasteiger partial charge in [-0.05, 0) is 30.5 Å². The molecule has 0 saturated heterocycles. The van der Waals surface area contributed by atoms with Gasteiger partial charge in [-0.25, -0.2) is 0 Å². The van der Waals surface area contributed by atoms with Gasteiger partial charge in [0.15, 0.2) is 0 Å². The molecule has 1 atom stereocenters. The van der Waals surface area contributed by atoms with Gasteiger partial charge < -0.3 is 0 Å². The molecule has 0 fully saturated rings. The van der Waals surface area contributed by atoms with Crippen LogP contribution in [0.15, 0.2) is 103 Å². The molecule has 0 amide bonds. The minimum atomic E-state index is -0.198. The van der Waals surface area contributed by atoms with E-state index in [1.54, 1.807) is 0 Å². The summed E-state index contributed by atoms with van der Waals surface area (Å²) < 4.78 is 0. The first kappa shape index (κ1) is 16.7. The molecule has 1 aliphatic rings. The lowest BCUT2D eigenvalue weighted by atomic mass is 9.26. The highest BCUT2D eigenvalue weighted by Gasteiger charge is 2.43. The quantitative estimate of drug-likeness (QED) is 0.578. The molecule has 0 aliphatic carbocycles. The normalized spacial score (nSPS) is 18.9. The van der Waals surface area contributed by atoms with Gasteiger partial charge in [-0.3, -0.25) is 0 Å². The Morgan fingerprint density at radius 1 is 0.692 bits per heavy atom. The zero-order valence-electron chi connectivity index (χ0n) is 15.4. The van der Waals surface area contributed by atoms with Gasteiger partial charge in [-0.2, -0.15) is 0 Å². The van der Waals surface area contributed by atoms with Crippen LogP contribution in [0.2, 0.25) is 0 Å². The number of rotatable bonds is 3. The summed E-state index contributed by atoms with van der Waals surface area (Å²) in [5.74, 6) is 2.35. The summed E-state index contributed by atoms with van der Waals surface area (Å²) in [5.41, 5.74) is 6.68. The number of hydrogen-bond donors (Lipinski definition) is 0. The van der Waals surface area contributed by atoms with E-state index in [1.807, 2.05) is 0 Å². The Hall–Kier alpha value is -2.80. The Labute approximate surface area is 157 Å². The van der Waals surface area contributed by atoms with Gasteiger partial charge in [0.1, 0.15) is 0 Å². The van der Waals surface area contributed by atoms with Crippen LogP contribution in [0.25, 0.3) is 0 Å². The van der Waals surface area contributed by atoms with Crippen LogP contribution >= 0.6 is 0 Å². The summed E-state index contributed by atoms with van der Waals surface area (Å²) in [4.78, 5) is 0. The number of benzene rings is 3. The van der Waals surface area contributed by atoms with Crippen molar-refractivity contribution in [2.24, 2.45) is 0 Å². The van der Waals surface area contributed by atoms with Gasteiger partial charge in [0.25, 0.3) is 0 Å². The fourth-order valence-corrected chi connectivity index (χ4v) is 4.23. The Bertz CT molecular complexity index is 951. The second-order valence-electron chi connectivity index (χ2n) is 7.18. The van der Waals surface area contributed by atoms with Crippen LogP contribution < -0.4 is 5.46 Å². The van der Waals surface area contributed by atoms with Gasteiger partial charge in [0, 0.05) is 5.31 Å². The van der Waals surface area contributed by atoms with E-state index in [4.69, 9.17) is 0 Å². The molecule has 0 saturated carbocycles. The number of allylic oxidation sites excluding steroid dienone is 3. The second kappa shape index (κ2) is 6.84. The zero-order valence-corrected chi connectivity index (χ0v) is 15.4. The fraction of sp³-hybridized carbons (Fsp3) is 0.120. The van der Waals surface area contributed by atoms with Crippen LogP contribution in [0.1, 0.15) is 22.3 Å². The first-order valence-corrected chi connectivity index (χ1v) is 9.26. The fourth-order valence-electron chi connectivity index (χ4n) is 4.23. The third-order valence-corrected chi connectivity index (χ3v) is 5.54. The van der Waals surface area contributed by atoms with Crippen molar-refractivity contribution in [3.63, 3.8) is 0 Å². The van der Waals surface area contributed by atoms with Crippen LogP contribution in [0.3, 0.4) is 0 Å². The van der Waals surface area contributed by atoms with Gasteiger partial charge in [0.2, 0.25) is 6.71 Å². The lowest BCUT2D eigenvalue weighted by molar-refractivity contribution is 0.884. The van der Waals surface area contributed by atoms with Gasteiger partial charge in [-0.1, -0.05) is 108 Å². The van der Waals surface area contributed by atoms with E-state index in [-0.39, 0.29) is 12.0 Å². The van der Waals surface area contributed by atoms with Crippen LogP contribution in [0.4, 0.5) is 0 Å². The number of aryl methyl sites for hydroxylation is 2. The highest BCUT2D eigenvalue weighted by molar-refractivity contribution is 6.81. The molecular formula is C25H23B. The predicted molar refractivity (Wildman–Crippen MR) is 113 cm³/mol. The minimum absolute atomic E-state index is 0.198. The third-order valence-electron chi connectivity index (χ3n) is 5.54. The van der Waals surface area contributed by atoms with Crippen molar-refractivity contribution in [2.75, 3.05) is 0 Å². The molecule has 4 rings (SSSR count). The van der Waals surface area contributed by atoms with Gasteiger partial charge in [-0.15, -0.1) is 5.98 Å². The van der Waals surface area contributed by atoms with Gasteiger partial charge >= 0.3 is 0 Å². The maximum Gasteiger partial charge on any atom is 0.221 e. The summed E-state index contributed by atoms with van der Waals surface area (Å²) in [5, 5.41) is -0.198. The number of hydrogen-bond acceptors (Lipinski definition) is 0. The van der Waals surface area contributed by atoms with E-state index in [9.17, 15) is 0 Å². The molecular weight excluding hydrogens is 311 g/mol. The van der Waals surface area contributed by atoms with Crippen LogP contribution in [-0.2, 0) is 5.31 Å². The van der Waals surface area contributed by atoms with E-state index < -0.39 is 0 Å². The van der Waals surface area contributed by atoms with Crippen molar-refractivity contribution in [1.82, 2.24) is 0 Å². The Balaban J connectivity index is 2.00. The predicted octanol–water partition coefficient (Wildman–Crippen LogP) is 5.20. The molecule has 26 heavy (non-hydrogen) atoms. The molecule has 0 bridgehead atoms. The van der Waals surface area contributed by atoms with E-state index >= 15 is 0 Å². The minimum Gasteiger partial charge on any atom is -0.109 e. The summed E-state index contributed by atoms with van der Waals surface area (Å²) >= 11 is 0. The molecule has 0 aromatic heterocycles. The summed E-state index contributed by atoms with van der Waals surface area (Å²) in [6.07, 6.45) is 6.77. The molecule has 0 nitrogen and oxygen atoms in total.